The van der Waals surface area contributed by atoms with Crippen LogP contribution in [0.1, 0.15) is 33.6 Å². The molecule has 0 bridgehead atoms. The molecule has 0 heterocycles. The van der Waals surface area contributed by atoms with Crippen LogP contribution in [0, 0.1) is 0 Å². The molecule has 18 heavy (non-hydrogen) atoms. The molecule has 0 unspecified atom stereocenters. The number of sulfone groups is 1. The molecule has 0 saturated carbocycles. The minimum absolute atomic E-state index is 0.202. The van der Waals surface area contributed by atoms with Gasteiger partial charge in [0.15, 0.2) is 9.84 Å². The number of carbonyl (C=O) groups excluding carboxylic acids is 2. The highest BCUT2D eigenvalue weighted by Crippen LogP contribution is 2.14. The highest BCUT2D eigenvalue weighted by molar-refractivity contribution is 7.92. The van der Waals surface area contributed by atoms with E-state index in [1.165, 1.54) is 13.8 Å². The third-order valence-corrected chi connectivity index (χ3v) is 4.66. The average Bonchev–Trinajstić information content (AvgIpc) is 2.22. The highest BCUT2D eigenvalue weighted by Gasteiger charge is 2.38. The number of hydrogen-bond donors (Lipinski definition) is 1. The molecule has 0 radical (unpaired) electrons. The van der Waals surface area contributed by atoms with Gasteiger partial charge in [-0.15, -0.1) is 0 Å². The van der Waals surface area contributed by atoms with Gasteiger partial charge in [0.1, 0.15) is 4.75 Å². The van der Waals surface area contributed by atoms with E-state index >= 15 is 0 Å². The maximum absolute atomic E-state index is 11.7. The lowest BCUT2D eigenvalue weighted by Crippen LogP contribution is -2.47. The third-order valence-electron chi connectivity index (χ3n) is 2.62. The van der Waals surface area contributed by atoms with E-state index in [9.17, 15) is 18.0 Å². The molecule has 0 aliphatic carbocycles. The van der Waals surface area contributed by atoms with Gasteiger partial charge in [-0.2, -0.15) is 0 Å². The van der Waals surface area contributed by atoms with Crippen LogP contribution >= 0.6 is 0 Å². The summed E-state index contributed by atoms with van der Waals surface area (Å²) in [5, 5.41) is 2.50. The molecule has 0 atom stereocenters. The molecule has 1 N–H and O–H groups in total. The van der Waals surface area contributed by atoms with Crippen molar-refractivity contribution in [3.63, 3.8) is 0 Å². The lowest BCUT2D eigenvalue weighted by Gasteiger charge is -2.21. The molecule has 0 spiro atoms. The number of nitrogens with one attached hydrogen (secondary N) is 1. The Kier molecular flexibility index (Phi) is 6.31. The highest BCUT2D eigenvalue weighted by atomic mass is 32.2. The van der Waals surface area contributed by atoms with Crippen LogP contribution in [-0.2, 0) is 24.2 Å². The zero-order valence-corrected chi connectivity index (χ0v) is 12.1. The Morgan fingerprint density at radius 3 is 2.28 bits per heavy atom. The van der Waals surface area contributed by atoms with E-state index in [0.717, 1.165) is 6.26 Å². The molecule has 0 rings (SSSR count). The van der Waals surface area contributed by atoms with Crippen molar-refractivity contribution in [2.45, 2.75) is 38.4 Å². The SMILES string of the molecule is CCOC(=O)CCCNC(=O)C(C)(C)S(C)(=O)=O. The summed E-state index contributed by atoms with van der Waals surface area (Å²) in [5.41, 5.74) is 0. The minimum Gasteiger partial charge on any atom is -0.466 e. The number of rotatable bonds is 7. The van der Waals surface area contributed by atoms with Gasteiger partial charge in [0, 0.05) is 19.2 Å². The van der Waals surface area contributed by atoms with Crippen LogP contribution in [0.5, 0.6) is 0 Å². The summed E-state index contributed by atoms with van der Waals surface area (Å²) in [5.74, 6) is -0.886. The lowest BCUT2D eigenvalue weighted by atomic mass is 10.2. The standard InChI is InChI=1S/C11H21NO5S/c1-5-17-9(13)7-6-8-12-10(14)11(2,3)18(4,15)16/h5-8H2,1-4H3,(H,12,14). The van der Waals surface area contributed by atoms with E-state index in [4.69, 9.17) is 4.74 Å². The summed E-state index contributed by atoms with van der Waals surface area (Å²) < 4.78 is 26.0. The van der Waals surface area contributed by atoms with Crippen molar-refractivity contribution < 1.29 is 22.7 Å². The third kappa shape index (κ3) is 5.03. The van der Waals surface area contributed by atoms with E-state index in [1.54, 1.807) is 6.92 Å². The second-order valence-electron chi connectivity index (χ2n) is 4.45. The summed E-state index contributed by atoms with van der Waals surface area (Å²) in [4.78, 5) is 22.7. The Morgan fingerprint density at radius 2 is 1.83 bits per heavy atom. The van der Waals surface area contributed by atoms with Gasteiger partial charge in [0.2, 0.25) is 5.91 Å². The van der Waals surface area contributed by atoms with E-state index in [1.807, 2.05) is 0 Å². The Morgan fingerprint density at radius 1 is 1.28 bits per heavy atom. The van der Waals surface area contributed by atoms with E-state index in [0.29, 0.717) is 13.0 Å². The molecular weight excluding hydrogens is 258 g/mol. The van der Waals surface area contributed by atoms with Gasteiger partial charge in [-0.05, 0) is 27.2 Å². The van der Waals surface area contributed by atoms with Gasteiger partial charge >= 0.3 is 5.97 Å². The first-order chi connectivity index (χ1) is 8.13. The van der Waals surface area contributed by atoms with Crippen LogP contribution in [0.25, 0.3) is 0 Å². The number of esters is 1. The van der Waals surface area contributed by atoms with Crippen molar-refractivity contribution in [3.05, 3.63) is 0 Å². The Balaban J connectivity index is 4.10. The molecule has 0 fully saturated rings. The van der Waals surface area contributed by atoms with Crippen molar-refractivity contribution in [3.8, 4) is 0 Å². The Hall–Kier alpha value is -1.11. The molecule has 0 aliphatic heterocycles. The normalized spacial score (nSPS) is 12.0. The molecule has 0 aromatic carbocycles. The first-order valence-corrected chi connectivity index (χ1v) is 7.65. The van der Waals surface area contributed by atoms with Crippen LogP contribution in [0.2, 0.25) is 0 Å². The van der Waals surface area contributed by atoms with Crippen molar-refractivity contribution in [2.75, 3.05) is 19.4 Å². The van der Waals surface area contributed by atoms with Crippen LogP contribution < -0.4 is 5.32 Å². The lowest BCUT2D eigenvalue weighted by molar-refractivity contribution is -0.143. The maximum atomic E-state index is 11.7. The van der Waals surface area contributed by atoms with Gasteiger partial charge < -0.3 is 10.1 Å². The largest absolute Gasteiger partial charge is 0.466 e. The van der Waals surface area contributed by atoms with Crippen molar-refractivity contribution in [2.24, 2.45) is 0 Å². The van der Waals surface area contributed by atoms with E-state index in [2.05, 4.69) is 5.32 Å². The van der Waals surface area contributed by atoms with Gasteiger partial charge in [0.25, 0.3) is 0 Å². The fraction of sp³-hybridized carbons (Fsp3) is 0.818. The monoisotopic (exact) mass is 279 g/mol. The zero-order valence-electron chi connectivity index (χ0n) is 11.3. The Labute approximate surface area is 108 Å². The predicted octanol–water partition coefficient (Wildman–Crippen LogP) is 0.269. The summed E-state index contributed by atoms with van der Waals surface area (Å²) in [6, 6.07) is 0. The van der Waals surface area contributed by atoms with Crippen LogP contribution in [-0.4, -0.2) is 44.4 Å². The second kappa shape index (κ2) is 6.72. The van der Waals surface area contributed by atoms with E-state index < -0.39 is 20.5 Å². The average molecular weight is 279 g/mol. The first-order valence-electron chi connectivity index (χ1n) is 5.76. The quantitative estimate of drug-likeness (QED) is 0.533. The fourth-order valence-corrected chi connectivity index (χ4v) is 1.46. The molecule has 106 valence electrons. The maximum Gasteiger partial charge on any atom is 0.305 e. The van der Waals surface area contributed by atoms with Gasteiger partial charge in [-0.25, -0.2) is 8.42 Å². The molecule has 7 heteroatoms. The smallest absolute Gasteiger partial charge is 0.305 e. The van der Waals surface area contributed by atoms with Crippen LogP contribution in [0.3, 0.4) is 0 Å². The van der Waals surface area contributed by atoms with Crippen LogP contribution in [0.15, 0.2) is 0 Å². The van der Waals surface area contributed by atoms with Gasteiger partial charge in [0.05, 0.1) is 6.61 Å². The molecule has 1 amide bonds. The first kappa shape index (κ1) is 16.9. The predicted molar refractivity (Wildman–Crippen MR) is 67.8 cm³/mol. The molecule has 0 saturated heterocycles. The summed E-state index contributed by atoms with van der Waals surface area (Å²) in [6.07, 6.45) is 1.64. The van der Waals surface area contributed by atoms with Crippen LogP contribution in [0.4, 0.5) is 0 Å². The molecule has 6 nitrogen and oxygen atoms in total. The molecular formula is C11H21NO5S. The second-order valence-corrected chi connectivity index (χ2v) is 7.01. The number of hydrogen-bond acceptors (Lipinski definition) is 5. The minimum atomic E-state index is -3.47. The number of ether oxygens (including phenoxy) is 1. The zero-order chi connectivity index (χ0) is 14.4. The number of amides is 1. The summed E-state index contributed by atoms with van der Waals surface area (Å²) in [7, 11) is -3.47. The fourth-order valence-electron chi connectivity index (χ4n) is 1.05. The van der Waals surface area contributed by atoms with Gasteiger partial charge in [-0.1, -0.05) is 0 Å². The van der Waals surface area contributed by atoms with Crippen molar-refractivity contribution in [1.29, 1.82) is 0 Å². The molecule has 0 aromatic rings. The van der Waals surface area contributed by atoms with Crippen molar-refractivity contribution >= 4 is 21.7 Å². The molecule has 0 aromatic heterocycles. The summed E-state index contributed by atoms with van der Waals surface area (Å²) in [6.45, 7) is 4.99. The Bertz CT molecular complexity index is 400. The van der Waals surface area contributed by atoms with Crippen molar-refractivity contribution in [1.82, 2.24) is 5.32 Å². The van der Waals surface area contributed by atoms with Gasteiger partial charge in [-0.3, -0.25) is 9.59 Å². The summed E-state index contributed by atoms with van der Waals surface area (Å²) >= 11 is 0. The topological polar surface area (TPSA) is 89.5 Å². The number of carbonyl (C=O) groups is 2. The molecule has 0 aliphatic rings. The van der Waals surface area contributed by atoms with E-state index in [-0.39, 0.29) is 18.9 Å².